The van der Waals surface area contributed by atoms with Crippen LogP contribution in [0, 0.1) is 5.92 Å². The molecule has 0 aliphatic carbocycles. The molecule has 0 spiro atoms. The monoisotopic (exact) mass is 198 g/mol. The number of nitrogens with zero attached hydrogens (tertiary/aromatic N) is 1. The molecule has 14 heavy (non-hydrogen) atoms. The lowest BCUT2D eigenvalue weighted by molar-refractivity contribution is -0.138. The molecule has 3 heteroatoms. The van der Waals surface area contributed by atoms with E-state index < -0.39 is 0 Å². The lowest BCUT2D eigenvalue weighted by atomic mass is 10.0. The quantitative estimate of drug-likeness (QED) is 0.721. The van der Waals surface area contributed by atoms with Crippen LogP contribution in [0.1, 0.15) is 33.6 Å². The molecule has 1 aliphatic rings. The number of nitrogens with one attached hydrogen (secondary N) is 1. The molecule has 1 aliphatic heterocycles. The molecule has 1 rings (SSSR count). The molecule has 1 heterocycles. The lowest BCUT2D eigenvalue weighted by Crippen LogP contribution is -2.59. The second-order valence-electron chi connectivity index (χ2n) is 4.13. The number of likely N-dealkylation sites (N-methyl/N-ethyl adjacent to an activating group) is 1. The molecular formula is C11H22N2O. The first-order valence-electron chi connectivity index (χ1n) is 5.71. The molecule has 82 valence electrons. The Morgan fingerprint density at radius 1 is 1.50 bits per heavy atom. The Labute approximate surface area is 86.9 Å². The number of hydrogen-bond acceptors (Lipinski definition) is 2. The fourth-order valence-corrected chi connectivity index (χ4v) is 1.93. The Bertz CT molecular complexity index is 190. The highest BCUT2D eigenvalue weighted by Crippen LogP contribution is 2.13. The average Bonchev–Trinajstić information content (AvgIpc) is 2.10. The summed E-state index contributed by atoms with van der Waals surface area (Å²) in [6.07, 6.45) is 2.10. The summed E-state index contributed by atoms with van der Waals surface area (Å²) in [6, 6.07) is 0.451. The SMILES string of the molecule is CCCC(C)C(=O)N(CC)C1CNC1. The van der Waals surface area contributed by atoms with Gasteiger partial charge >= 0.3 is 0 Å². The Balaban J connectivity index is 2.45. The van der Waals surface area contributed by atoms with Crippen molar-refractivity contribution in [3.05, 3.63) is 0 Å². The summed E-state index contributed by atoms with van der Waals surface area (Å²) in [5.41, 5.74) is 0. The van der Waals surface area contributed by atoms with Crippen molar-refractivity contribution in [1.82, 2.24) is 10.2 Å². The summed E-state index contributed by atoms with van der Waals surface area (Å²) in [6.45, 7) is 9.02. The van der Waals surface area contributed by atoms with Gasteiger partial charge in [0.2, 0.25) is 5.91 Å². The number of amides is 1. The van der Waals surface area contributed by atoms with Crippen LogP contribution in [-0.2, 0) is 4.79 Å². The normalized spacial score (nSPS) is 18.8. The minimum Gasteiger partial charge on any atom is -0.337 e. The maximum atomic E-state index is 12.0. The average molecular weight is 198 g/mol. The zero-order valence-corrected chi connectivity index (χ0v) is 9.55. The second kappa shape index (κ2) is 5.35. The summed E-state index contributed by atoms with van der Waals surface area (Å²) in [5.74, 6) is 0.529. The predicted octanol–water partition coefficient (Wildman–Crippen LogP) is 1.24. The first kappa shape index (κ1) is 11.5. The van der Waals surface area contributed by atoms with E-state index in [9.17, 15) is 4.79 Å². The van der Waals surface area contributed by atoms with E-state index in [-0.39, 0.29) is 5.92 Å². The summed E-state index contributed by atoms with van der Waals surface area (Å²) in [4.78, 5) is 14.0. The number of hydrogen-bond donors (Lipinski definition) is 1. The maximum Gasteiger partial charge on any atom is 0.225 e. The molecule has 1 unspecified atom stereocenters. The van der Waals surface area contributed by atoms with Gasteiger partial charge in [-0.05, 0) is 13.3 Å². The van der Waals surface area contributed by atoms with Crippen molar-refractivity contribution >= 4 is 5.91 Å². The van der Waals surface area contributed by atoms with E-state index in [0.29, 0.717) is 11.9 Å². The predicted molar refractivity (Wildman–Crippen MR) is 58.1 cm³/mol. The molecule has 0 aromatic carbocycles. The minimum atomic E-state index is 0.195. The number of rotatable bonds is 5. The fourth-order valence-electron chi connectivity index (χ4n) is 1.93. The number of carbonyl (C=O) groups is 1. The summed E-state index contributed by atoms with van der Waals surface area (Å²) < 4.78 is 0. The Kier molecular flexibility index (Phi) is 4.39. The molecule has 1 amide bonds. The standard InChI is InChI=1S/C11H22N2O/c1-4-6-9(3)11(14)13(5-2)10-7-12-8-10/h9-10,12H,4-8H2,1-3H3. The van der Waals surface area contributed by atoms with Gasteiger partial charge in [-0.2, -0.15) is 0 Å². The molecule has 3 nitrogen and oxygen atoms in total. The molecule has 1 fully saturated rings. The van der Waals surface area contributed by atoms with Gasteiger partial charge in [-0.1, -0.05) is 20.3 Å². The first-order chi connectivity index (χ1) is 6.70. The highest BCUT2D eigenvalue weighted by molar-refractivity contribution is 5.78. The van der Waals surface area contributed by atoms with Crippen molar-refractivity contribution in [3.8, 4) is 0 Å². The first-order valence-corrected chi connectivity index (χ1v) is 5.71. The van der Waals surface area contributed by atoms with Crippen molar-refractivity contribution in [2.75, 3.05) is 19.6 Å². The highest BCUT2D eigenvalue weighted by atomic mass is 16.2. The van der Waals surface area contributed by atoms with Crippen molar-refractivity contribution < 1.29 is 4.79 Å². The molecule has 0 aromatic rings. The molecule has 0 saturated carbocycles. The van der Waals surface area contributed by atoms with Crippen molar-refractivity contribution in [1.29, 1.82) is 0 Å². The fraction of sp³-hybridized carbons (Fsp3) is 0.909. The van der Waals surface area contributed by atoms with Crippen LogP contribution >= 0.6 is 0 Å². The molecule has 1 N–H and O–H groups in total. The Morgan fingerprint density at radius 3 is 2.50 bits per heavy atom. The maximum absolute atomic E-state index is 12.0. The van der Waals surface area contributed by atoms with Crippen LogP contribution in [0.5, 0.6) is 0 Å². The molecule has 1 atom stereocenters. The van der Waals surface area contributed by atoms with E-state index in [1.807, 2.05) is 11.8 Å². The van der Waals surface area contributed by atoms with E-state index in [1.54, 1.807) is 0 Å². The minimum absolute atomic E-state index is 0.195. The van der Waals surface area contributed by atoms with Crippen molar-refractivity contribution in [3.63, 3.8) is 0 Å². The van der Waals surface area contributed by atoms with E-state index in [2.05, 4.69) is 19.2 Å². The van der Waals surface area contributed by atoms with E-state index >= 15 is 0 Å². The van der Waals surface area contributed by atoms with Crippen LogP contribution in [0.3, 0.4) is 0 Å². The third kappa shape index (κ3) is 2.47. The van der Waals surface area contributed by atoms with Gasteiger partial charge in [0.1, 0.15) is 0 Å². The van der Waals surface area contributed by atoms with Gasteiger partial charge in [0.05, 0.1) is 6.04 Å². The van der Waals surface area contributed by atoms with Gasteiger partial charge in [0.25, 0.3) is 0 Å². The van der Waals surface area contributed by atoms with Gasteiger partial charge in [-0.25, -0.2) is 0 Å². The highest BCUT2D eigenvalue weighted by Gasteiger charge is 2.29. The van der Waals surface area contributed by atoms with Gasteiger partial charge in [0, 0.05) is 25.6 Å². The smallest absolute Gasteiger partial charge is 0.225 e. The molecule has 0 aromatic heterocycles. The zero-order valence-electron chi connectivity index (χ0n) is 9.55. The zero-order chi connectivity index (χ0) is 10.6. The summed E-state index contributed by atoms with van der Waals surface area (Å²) in [7, 11) is 0. The third-order valence-corrected chi connectivity index (χ3v) is 2.97. The van der Waals surface area contributed by atoms with Gasteiger partial charge < -0.3 is 10.2 Å². The van der Waals surface area contributed by atoms with Crippen LogP contribution in [0.2, 0.25) is 0 Å². The number of carbonyl (C=O) groups excluding carboxylic acids is 1. The van der Waals surface area contributed by atoms with Crippen LogP contribution in [0.4, 0.5) is 0 Å². The van der Waals surface area contributed by atoms with Crippen LogP contribution in [0.25, 0.3) is 0 Å². The lowest BCUT2D eigenvalue weighted by Gasteiger charge is -2.39. The Hall–Kier alpha value is -0.570. The van der Waals surface area contributed by atoms with Crippen molar-refractivity contribution in [2.45, 2.75) is 39.7 Å². The molecule has 0 bridgehead atoms. The molecular weight excluding hydrogens is 176 g/mol. The largest absolute Gasteiger partial charge is 0.337 e. The second-order valence-corrected chi connectivity index (χ2v) is 4.13. The van der Waals surface area contributed by atoms with Gasteiger partial charge in [-0.15, -0.1) is 0 Å². The molecule has 0 radical (unpaired) electrons. The van der Waals surface area contributed by atoms with Crippen LogP contribution in [0.15, 0.2) is 0 Å². The summed E-state index contributed by atoms with van der Waals surface area (Å²) >= 11 is 0. The summed E-state index contributed by atoms with van der Waals surface area (Å²) in [5, 5.41) is 3.21. The van der Waals surface area contributed by atoms with E-state index in [4.69, 9.17) is 0 Å². The van der Waals surface area contributed by atoms with E-state index in [0.717, 1.165) is 32.5 Å². The van der Waals surface area contributed by atoms with Gasteiger partial charge in [0.15, 0.2) is 0 Å². The molecule has 1 saturated heterocycles. The van der Waals surface area contributed by atoms with Crippen molar-refractivity contribution in [2.24, 2.45) is 5.92 Å². The van der Waals surface area contributed by atoms with Crippen LogP contribution < -0.4 is 5.32 Å². The van der Waals surface area contributed by atoms with Gasteiger partial charge in [-0.3, -0.25) is 4.79 Å². The third-order valence-electron chi connectivity index (χ3n) is 2.97. The van der Waals surface area contributed by atoms with E-state index in [1.165, 1.54) is 0 Å². The topological polar surface area (TPSA) is 32.3 Å². The Morgan fingerprint density at radius 2 is 2.14 bits per heavy atom. The van der Waals surface area contributed by atoms with Crippen LogP contribution in [-0.4, -0.2) is 36.5 Å².